The number of imidazole rings is 1. The minimum atomic E-state index is -0.0139. The van der Waals surface area contributed by atoms with E-state index in [-0.39, 0.29) is 12.1 Å². The average Bonchev–Trinajstić information content (AvgIpc) is 3.16. The first-order chi connectivity index (χ1) is 15.5. The molecule has 32 heavy (non-hydrogen) atoms. The van der Waals surface area contributed by atoms with Crippen molar-refractivity contribution >= 4 is 34.1 Å². The molecule has 0 aliphatic carbocycles. The van der Waals surface area contributed by atoms with Crippen LogP contribution in [-0.2, 0) is 22.9 Å². The van der Waals surface area contributed by atoms with Crippen molar-refractivity contribution < 1.29 is 9.47 Å². The van der Waals surface area contributed by atoms with E-state index in [1.807, 2.05) is 24.7 Å². The van der Waals surface area contributed by atoms with Gasteiger partial charge in [0, 0.05) is 32.0 Å². The first-order valence-corrected chi connectivity index (χ1v) is 10.5. The van der Waals surface area contributed by atoms with E-state index in [9.17, 15) is 0 Å². The van der Waals surface area contributed by atoms with Crippen LogP contribution in [0.2, 0.25) is 0 Å². The second-order valence-electron chi connectivity index (χ2n) is 7.68. The maximum Gasteiger partial charge on any atom is 0.287 e. The Morgan fingerprint density at radius 3 is 2.88 bits per heavy atom. The molecule has 1 aromatic carbocycles. The number of rotatable bonds is 7. The van der Waals surface area contributed by atoms with Crippen molar-refractivity contribution in [1.82, 2.24) is 14.5 Å². The molecule has 3 aromatic rings. The predicted molar refractivity (Wildman–Crippen MR) is 128 cm³/mol. The van der Waals surface area contributed by atoms with Crippen molar-refractivity contribution in [2.24, 2.45) is 17.8 Å². The highest BCUT2D eigenvalue weighted by Crippen LogP contribution is 2.30. The van der Waals surface area contributed by atoms with Gasteiger partial charge in [-0.25, -0.2) is 15.0 Å². The monoisotopic (exact) mass is 432 g/mol. The molecular formula is C24H28N6O2. The number of fused-ring (bicyclic) bond motifs is 1. The number of ether oxygens (including phenoxy) is 2. The number of aryl methyl sites for hydroxylation is 2. The minimum absolute atomic E-state index is 0.0139. The third-order valence-electron chi connectivity index (χ3n) is 5.54. The van der Waals surface area contributed by atoms with E-state index in [0.717, 1.165) is 40.1 Å². The van der Waals surface area contributed by atoms with Crippen LogP contribution in [0.15, 0.2) is 60.6 Å². The lowest BCUT2D eigenvalue weighted by Gasteiger charge is -2.25. The SMILES string of the molecule is C=C/C(=C\N=C(N)OC1COC1)c1ccc(N(C)c2cc3c(cn2)ncn3C)c(CC)c1. The number of aromatic nitrogens is 3. The summed E-state index contributed by atoms with van der Waals surface area (Å²) in [4.78, 5) is 15.3. The van der Waals surface area contributed by atoms with E-state index in [0.29, 0.717) is 13.2 Å². The molecular weight excluding hydrogens is 404 g/mol. The molecule has 4 rings (SSSR count). The Hall–Kier alpha value is -3.65. The largest absolute Gasteiger partial charge is 0.457 e. The van der Waals surface area contributed by atoms with E-state index < -0.39 is 0 Å². The van der Waals surface area contributed by atoms with Crippen molar-refractivity contribution in [3.05, 3.63) is 66.8 Å². The molecule has 2 aromatic heterocycles. The topological polar surface area (TPSA) is 90.8 Å². The van der Waals surface area contributed by atoms with E-state index in [1.54, 1.807) is 24.8 Å². The van der Waals surface area contributed by atoms with Crippen molar-refractivity contribution in [2.45, 2.75) is 19.4 Å². The van der Waals surface area contributed by atoms with Crippen LogP contribution in [0.4, 0.5) is 11.5 Å². The van der Waals surface area contributed by atoms with Gasteiger partial charge in [0.1, 0.15) is 17.4 Å². The number of nitrogens with zero attached hydrogens (tertiary/aromatic N) is 5. The van der Waals surface area contributed by atoms with E-state index in [1.165, 1.54) is 5.56 Å². The molecule has 0 amide bonds. The maximum atomic E-state index is 5.87. The molecule has 8 heteroatoms. The number of amidine groups is 1. The minimum Gasteiger partial charge on any atom is -0.457 e. The average molecular weight is 433 g/mol. The molecule has 8 nitrogen and oxygen atoms in total. The van der Waals surface area contributed by atoms with Crippen molar-refractivity contribution in [3.63, 3.8) is 0 Å². The molecule has 166 valence electrons. The number of hydrogen-bond acceptors (Lipinski definition) is 6. The summed E-state index contributed by atoms with van der Waals surface area (Å²) >= 11 is 0. The van der Waals surface area contributed by atoms with Crippen LogP contribution in [0, 0.1) is 0 Å². The van der Waals surface area contributed by atoms with Crippen molar-refractivity contribution in [3.8, 4) is 0 Å². The highest BCUT2D eigenvalue weighted by atomic mass is 16.6. The molecule has 1 aliphatic heterocycles. The Morgan fingerprint density at radius 2 is 2.19 bits per heavy atom. The standard InChI is InChI=1S/C24H28N6O2/c1-5-16-9-18(17(6-2)11-27-24(25)32-19-13-31-14-19)7-8-21(16)30(4)23-10-22-20(12-26-23)28-15-29(22)3/h6-12,15,19H,2,5,13-14H2,1,3-4H3,(H2,25,27)/b17-11+. The van der Waals surface area contributed by atoms with Crippen molar-refractivity contribution in [1.29, 1.82) is 0 Å². The lowest BCUT2D eigenvalue weighted by molar-refractivity contribution is -0.0865. The van der Waals surface area contributed by atoms with Gasteiger partial charge in [-0.05, 0) is 35.3 Å². The van der Waals surface area contributed by atoms with Gasteiger partial charge in [0.2, 0.25) is 0 Å². The zero-order valence-electron chi connectivity index (χ0n) is 18.7. The number of anilines is 2. The van der Waals surface area contributed by atoms with Gasteiger partial charge in [0.25, 0.3) is 6.02 Å². The highest BCUT2D eigenvalue weighted by Gasteiger charge is 2.20. The van der Waals surface area contributed by atoms with Gasteiger partial charge in [0.15, 0.2) is 0 Å². The summed E-state index contributed by atoms with van der Waals surface area (Å²) in [6.07, 6.45) is 7.89. The molecule has 0 atom stereocenters. The molecule has 0 saturated carbocycles. The normalized spacial score (nSPS) is 15.0. The lowest BCUT2D eigenvalue weighted by atomic mass is 10.0. The zero-order valence-corrected chi connectivity index (χ0v) is 18.7. The van der Waals surface area contributed by atoms with Crippen LogP contribution >= 0.6 is 0 Å². The Morgan fingerprint density at radius 1 is 1.38 bits per heavy atom. The summed E-state index contributed by atoms with van der Waals surface area (Å²) in [5.41, 5.74) is 11.9. The molecule has 0 spiro atoms. The molecule has 1 saturated heterocycles. The molecule has 1 aliphatic rings. The second kappa shape index (κ2) is 9.23. The molecule has 0 unspecified atom stereocenters. The third kappa shape index (κ3) is 4.36. The Kier molecular flexibility index (Phi) is 6.23. The van der Waals surface area contributed by atoms with E-state index in [4.69, 9.17) is 15.2 Å². The molecule has 1 fully saturated rings. The van der Waals surface area contributed by atoms with Crippen LogP contribution in [0.1, 0.15) is 18.1 Å². The molecule has 2 N–H and O–H groups in total. The smallest absolute Gasteiger partial charge is 0.287 e. The van der Waals surface area contributed by atoms with Gasteiger partial charge in [-0.3, -0.25) is 0 Å². The summed E-state index contributed by atoms with van der Waals surface area (Å²) in [5.74, 6) is 0.859. The van der Waals surface area contributed by atoms with Crippen LogP contribution in [-0.4, -0.2) is 46.9 Å². The van der Waals surface area contributed by atoms with Crippen molar-refractivity contribution in [2.75, 3.05) is 25.2 Å². The van der Waals surface area contributed by atoms with Crippen LogP contribution in [0.25, 0.3) is 16.6 Å². The first kappa shape index (κ1) is 21.6. The highest BCUT2D eigenvalue weighted by molar-refractivity contribution is 5.81. The Balaban J connectivity index is 1.60. The summed E-state index contributed by atoms with van der Waals surface area (Å²) in [5, 5.41) is 0. The number of benzene rings is 1. The van der Waals surface area contributed by atoms with E-state index >= 15 is 0 Å². The maximum absolute atomic E-state index is 5.87. The fraction of sp³-hybridized carbons (Fsp3) is 0.292. The second-order valence-corrected chi connectivity index (χ2v) is 7.68. The van der Waals surface area contributed by atoms with Crippen LogP contribution < -0.4 is 10.6 Å². The Bertz CT molecular complexity index is 1190. The van der Waals surface area contributed by atoms with Crippen LogP contribution in [0.5, 0.6) is 0 Å². The molecule has 0 radical (unpaired) electrons. The number of aliphatic imine (C=N–C) groups is 1. The number of pyridine rings is 1. The summed E-state index contributed by atoms with van der Waals surface area (Å²) in [7, 11) is 4.00. The lowest BCUT2D eigenvalue weighted by Crippen LogP contribution is -2.39. The molecule has 0 bridgehead atoms. The van der Waals surface area contributed by atoms with Crippen LogP contribution in [0.3, 0.4) is 0 Å². The number of hydrogen-bond donors (Lipinski definition) is 1. The fourth-order valence-corrected chi connectivity index (χ4v) is 3.56. The fourth-order valence-electron chi connectivity index (χ4n) is 3.56. The summed E-state index contributed by atoms with van der Waals surface area (Å²) in [6, 6.07) is 8.47. The van der Waals surface area contributed by atoms with Gasteiger partial charge in [-0.15, -0.1) is 0 Å². The van der Waals surface area contributed by atoms with Gasteiger partial charge in [-0.2, -0.15) is 0 Å². The quantitative estimate of drug-likeness (QED) is 0.349. The predicted octanol–water partition coefficient (Wildman–Crippen LogP) is 3.56. The number of nitrogens with two attached hydrogens (primary N) is 1. The first-order valence-electron chi connectivity index (χ1n) is 10.5. The van der Waals surface area contributed by atoms with Gasteiger partial charge >= 0.3 is 0 Å². The summed E-state index contributed by atoms with van der Waals surface area (Å²) in [6.45, 7) is 7.16. The zero-order chi connectivity index (χ0) is 22.7. The number of allylic oxidation sites excluding steroid dienone is 2. The van der Waals surface area contributed by atoms with Gasteiger partial charge in [0.05, 0.1) is 31.3 Å². The molecule has 3 heterocycles. The van der Waals surface area contributed by atoms with E-state index in [2.05, 4.69) is 51.6 Å². The van der Waals surface area contributed by atoms with Gasteiger partial charge < -0.3 is 24.7 Å². The Labute approximate surface area is 187 Å². The van der Waals surface area contributed by atoms with Gasteiger partial charge in [-0.1, -0.05) is 25.6 Å². The summed E-state index contributed by atoms with van der Waals surface area (Å²) < 4.78 is 12.6. The third-order valence-corrected chi connectivity index (χ3v) is 5.54.